The number of benzene rings is 1. The van der Waals surface area contributed by atoms with Gasteiger partial charge in [0.15, 0.2) is 0 Å². The molecule has 0 aliphatic carbocycles. The number of ether oxygens (including phenoxy) is 2. The Bertz CT molecular complexity index is 570. The van der Waals surface area contributed by atoms with E-state index in [-0.39, 0.29) is 6.10 Å². The van der Waals surface area contributed by atoms with Crippen molar-refractivity contribution in [3.63, 3.8) is 0 Å². The number of nitrogens with zero attached hydrogens (tertiary/aromatic N) is 1. The Balaban J connectivity index is 2.13. The predicted octanol–water partition coefficient (Wildman–Crippen LogP) is 3.15. The van der Waals surface area contributed by atoms with Crippen LogP contribution in [0.1, 0.15) is 26.3 Å². The lowest BCUT2D eigenvalue weighted by atomic mass is 10.1. The molecule has 2 rings (SSSR count). The second-order valence-electron chi connectivity index (χ2n) is 5.18. The molecule has 1 N–H and O–H groups in total. The monoisotopic (exact) mass is 288 g/mol. The summed E-state index contributed by atoms with van der Waals surface area (Å²) in [7, 11) is 0. The van der Waals surface area contributed by atoms with Crippen LogP contribution in [0.3, 0.4) is 0 Å². The normalized spacial score (nSPS) is 11.2. The van der Waals surface area contributed by atoms with Gasteiger partial charge in [-0.1, -0.05) is 25.1 Å². The van der Waals surface area contributed by atoms with Crippen molar-refractivity contribution in [2.75, 3.05) is 19.8 Å². The smallest absolute Gasteiger partial charge is 0.221 e. The zero-order chi connectivity index (χ0) is 15.1. The van der Waals surface area contributed by atoms with Crippen molar-refractivity contribution in [3.05, 3.63) is 36.0 Å². The molecule has 0 aliphatic rings. The van der Waals surface area contributed by atoms with Crippen molar-refractivity contribution in [3.8, 4) is 5.88 Å². The van der Waals surface area contributed by atoms with E-state index in [2.05, 4.69) is 29.4 Å². The first-order chi connectivity index (χ1) is 10.2. The first-order valence-electron chi connectivity index (χ1n) is 7.54. The third-order valence-electron chi connectivity index (χ3n) is 3.18. The van der Waals surface area contributed by atoms with Gasteiger partial charge in [-0.2, -0.15) is 0 Å². The Morgan fingerprint density at radius 2 is 1.90 bits per heavy atom. The molecule has 0 radical (unpaired) electrons. The van der Waals surface area contributed by atoms with Gasteiger partial charge in [0, 0.05) is 18.1 Å². The summed E-state index contributed by atoms with van der Waals surface area (Å²) in [6.07, 6.45) is 2.12. The molecule has 0 saturated heterocycles. The second-order valence-corrected chi connectivity index (χ2v) is 5.18. The summed E-state index contributed by atoms with van der Waals surface area (Å²) < 4.78 is 11.3. The third-order valence-corrected chi connectivity index (χ3v) is 3.18. The summed E-state index contributed by atoms with van der Waals surface area (Å²) in [5.41, 5.74) is 1.19. The Kier molecular flexibility index (Phi) is 5.96. The molecule has 21 heavy (non-hydrogen) atoms. The van der Waals surface area contributed by atoms with Crippen LogP contribution in [0.5, 0.6) is 5.88 Å². The topological polar surface area (TPSA) is 43.4 Å². The molecule has 2 aromatic rings. The van der Waals surface area contributed by atoms with E-state index < -0.39 is 0 Å². The van der Waals surface area contributed by atoms with Crippen LogP contribution in [0.2, 0.25) is 0 Å². The lowest BCUT2D eigenvalue weighted by Gasteiger charge is -2.12. The third kappa shape index (κ3) is 4.41. The Hall–Kier alpha value is -1.65. The highest BCUT2D eigenvalue weighted by Crippen LogP contribution is 2.26. The van der Waals surface area contributed by atoms with E-state index in [0.29, 0.717) is 19.1 Å². The highest BCUT2D eigenvalue weighted by atomic mass is 16.5. The molecule has 0 atom stereocenters. The van der Waals surface area contributed by atoms with Gasteiger partial charge >= 0.3 is 0 Å². The fraction of sp³-hybridized carbons (Fsp3) is 0.471. The van der Waals surface area contributed by atoms with Crippen LogP contribution in [0, 0.1) is 0 Å². The second kappa shape index (κ2) is 7.96. The maximum Gasteiger partial charge on any atom is 0.221 e. The molecule has 0 unspecified atom stereocenters. The average Bonchev–Trinajstić information content (AvgIpc) is 2.50. The van der Waals surface area contributed by atoms with Crippen LogP contribution in [0.25, 0.3) is 10.8 Å². The fourth-order valence-corrected chi connectivity index (χ4v) is 2.16. The van der Waals surface area contributed by atoms with E-state index in [4.69, 9.17) is 9.47 Å². The van der Waals surface area contributed by atoms with Crippen LogP contribution in [-0.2, 0) is 11.3 Å². The van der Waals surface area contributed by atoms with Crippen LogP contribution >= 0.6 is 0 Å². The number of rotatable bonds is 8. The fourth-order valence-electron chi connectivity index (χ4n) is 2.16. The zero-order valence-corrected chi connectivity index (χ0v) is 13.1. The molecule has 0 saturated carbocycles. The molecule has 1 heterocycles. The van der Waals surface area contributed by atoms with Gasteiger partial charge in [-0.15, -0.1) is 0 Å². The van der Waals surface area contributed by atoms with Crippen molar-refractivity contribution in [1.82, 2.24) is 10.3 Å². The average molecular weight is 288 g/mol. The number of pyridine rings is 1. The summed E-state index contributed by atoms with van der Waals surface area (Å²) in [6.45, 7) is 8.99. The molecule has 4 nitrogen and oxygen atoms in total. The van der Waals surface area contributed by atoms with Gasteiger partial charge in [-0.25, -0.2) is 4.98 Å². The lowest BCUT2D eigenvalue weighted by Crippen LogP contribution is -2.13. The first-order valence-corrected chi connectivity index (χ1v) is 7.54. The minimum absolute atomic E-state index is 0.223. The van der Waals surface area contributed by atoms with E-state index in [1.54, 1.807) is 0 Å². The van der Waals surface area contributed by atoms with E-state index in [9.17, 15) is 0 Å². The summed E-state index contributed by atoms with van der Waals surface area (Å²) in [5.74, 6) is 0.679. The molecule has 114 valence electrons. The molecule has 0 amide bonds. The largest absolute Gasteiger partial charge is 0.475 e. The maximum atomic E-state index is 5.77. The van der Waals surface area contributed by atoms with Gasteiger partial charge in [-0.05, 0) is 37.4 Å². The van der Waals surface area contributed by atoms with Gasteiger partial charge in [0.1, 0.15) is 6.61 Å². The number of hydrogen-bond donors (Lipinski definition) is 1. The Morgan fingerprint density at radius 3 is 2.62 bits per heavy atom. The van der Waals surface area contributed by atoms with Crippen molar-refractivity contribution in [2.45, 2.75) is 33.4 Å². The molecular weight excluding hydrogens is 264 g/mol. The highest BCUT2D eigenvalue weighted by Gasteiger charge is 2.08. The molecule has 1 aromatic carbocycles. The summed E-state index contributed by atoms with van der Waals surface area (Å²) in [6, 6.07) is 8.22. The van der Waals surface area contributed by atoms with Crippen LogP contribution in [0.4, 0.5) is 0 Å². The van der Waals surface area contributed by atoms with Gasteiger partial charge in [0.2, 0.25) is 5.88 Å². The molecule has 0 aliphatic heterocycles. The Morgan fingerprint density at radius 1 is 1.14 bits per heavy atom. The van der Waals surface area contributed by atoms with Gasteiger partial charge in [-0.3, -0.25) is 0 Å². The highest BCUT2D eigenvalue weighted by molar-refractivity contribution is 5.89. The molecule has 4 heteroatoms. The van der Waals surface area contributed by atoms with Crippen LogP contribution in [-0.4, -0.2) is 30.8 Å². The van der Waals surface area contributed by atoms with Crippen LogP contribution < -0.4 is 10.1 Å². The van der Waals surface area contributed by atoms with E-state index in [0.717, 1.165) is 18.5 Å². The number of fused-ring (bicyclic) bond motifs is 1. The SMILES string of the molecule is CCNCc1cnc(OCCOC(C)C)c2ccccc12. The standard InChI is InChI=1S/C17H24N2O2/c1-4-18-11-14-12-19-17(21-10-9-20-13(2)3)16-8-6-5-7-15(14)16/h5-8,12-13,18H,4,9-11H2,1-3H3. The van der Waals surface area contributed by atoms with Crippen molar-refractivity contribution >= 4 is 10.8 Å². The minimum atomic E-state index is 0.223. The van der Waals surface area contributed by atoms with E-state index in [1.807, 2.05) is 32.2 Å². The number of aromatic nitrogens is 1. The molecule has 0 fully saturated rings. The van der Waals surface area contributed by atoms with Crippen molar-refractivity contribution in [1.29, 1.82) is 0 Å². The van der Waals surface area contributed by atoms with Crippen molar-refractivity contribution in [2.24, 2.45) is 0 Å². The zero-order valence-electron chi connectivity index (χ0n) is 13.1. The van der Waals surface area contributed by atoms with Gasteiger partial charge < -0.3 is 14.8 Å². The number of nitrogens with one attached hydrogen (secondary N) is 1. The predicted molar refractivity (Wildman–Crippen MR) is 85.7 cm³/mol. The first kappa shape index (κ1) is 15.7. The lowest BCUT2D eigenvalue weighted by molar-refractivity contribution is 0.0546. The summed E-state index contributed by atoms with van der Waals surface area (Å²) in [4.78, 5) is 4.46. The molecular formula is C17H24N2O2. The minimum Gasteiger partial charge on any atom is -0.475 e. The summed E-state index contributed by atoms with van der Waals surface area (Å²) in [5, 5.41) is 5.58. The molecule has 0 bridgehead atoms. The quantitative estimate of drug-likeness (QED) is 0.758. The van der Waals surface area contributed by atoms with Crippen molar-refractivity contribution < 1.29 is 9.47 Å². The van der Waals surface area contributed by atoms with E-state index in [1.165, 1.54) is 10.9 Å². The van der Waals surface area contributed by atoms with Crippen LogP contribution in [0.15, 0.2) is 30.5 Å². The maximum absolute atomic E-state index is 5.77. The molecule has 1 aromatic heterocycles. The van der Waals surface area contributed by atoms with E-state index >= 15 is 0 Å². The molecule has 0 spiro atoms. The van der Waals surface area contributed by atoms with Gasteiger partial charge in [0.25, 0.3) is 0 Å². The Labute approximate surface area is 126 Å². The number of hydrogen-bond acceptors (Lipinski definition) is 4. The summed E-state index contributed by atoms with van der Waals surface area (Å²) >= 11 is 0. The van der Waals surface area contributed by atoms with Gasteiger partial charge in [0.05, 0.1) is 12.7 Å².